The van der Waals surface area contributed by atoms with Gasteiger partial charge in [-0.15, -0.1) is 0 Å². The van der Waals surface area contributed by atoms with E-state index in [1.165, 1.54) is 60.8 Å². The molecule has 0 spiro atoms. The van der Waals surface area contributed by atoms with Gasteiger partial charge in [-0.3, -0.25) is 0 Å². The molecule has 1 saturated carbocycles. The minimum atomic E-state index is 0.767. The van der Waals surface area contributed by atoms with Crippen molar-refractivity contribution in [2.45, 2.75) is 64.2 Å². The van der Waals surface area contributed by atoms with E-state index in [1.807, 2.05) is 12.1 Å². The van der Waals surface area contributed by atoms with E-state index in [0.717, 1.165) is 30.2 Å². The van der Waals surface area contributed by atoms with E-state index in [9.17, 15) is 0 Å². The summed E-state index contributed by atoms with van der Waals surface area (Å²) in [5.41, 5.74) is 7.60. The second-order valence-electron chi connectivity index (χ2n) is 9.63. The predicted molar refractivity (Wildman–Crippen MR) is 146 cm³/mol. The zero-order valence-corrected chi connectivity index (χ0v) is 20.7. The molecule has 35 heavy (non-hydrogen) atoms. The first-order valence-corrected chi connectivity index (χ1v) is 12.9. The van der Waals surface area contributed by atoms with Crippen molar-refractivity contribution in [2.24, 2.45) is 5.92 Å². The van der Waals surface area contributed by atoms with Crippen LogP contribution >= 0.6 is 0 Å². The molecular weight excluding hydrogens is 422 g/mol. The summed E-state index contributed by atoms with van der Waals surface area (Å²) < 4.78 is 0. The topological polar surface area (TPSA) is 23.8 Å². The van der Waals surface area contributed by atoms with Crippen molar-refractivity contribution < 1.29 is 0 Å². The summed E-state index contributed by atoms with van der Waals surface area (Å²) in [7, 11) is 0. The van der Waals surface area contributed by atoms with Gasteiger partial charge in [0.25, 0.3) is 0 Å². The lowest BCUT2D eigenvalue weighted by molar-refractivity contribution is 0.308. The van der Waals surface area contributed by atoms with Gasteiger partial charge in [0.15, 0.2) is 6.07 Å². The van der Waals surface area contributed by atoms with Gasteiger partial charge in [0, 0.05) is 17.4 Å². The Morgan fingerprint density at radius 3 is 1.83 bits per heavy atom. The molecule has 0 N–H and O–H groups in total. The Kier molecular flexibility index (Phi) is 8.82. The van der Waals surface area contributed by atoms with E-state index >= 15 is 0 Å². The lowest BCUT2D eigenvalue weighted by Gasteiger charge is -2.28. The molecular formula is C34H33N. The first kappa shape index (κ1) is 24.4. The molecule has 3 aromatic carbocycles. The third kappa shape index (κ3) is 7.12. The first-order chi connectivity index (χ1) is 17.2. The van der Waals surface area contributed by atoms with Gasteiger partial charge in [0.1, 0.15) is 0 Å². The summed E-state index contributed by atoms with van der Waals surface area (Å²) in [6.45, 7) is 2.31. The zero-order chi connectivity index (χ0) is 24.3. The van der Waals surface area contributed by atoms with E-state index in [2.05, 4.69) is 91.3 Å². The maximum absolute atomic E-state index is 8.42. The fourth-order valence-electron chi connectivity index (χ4n) is 5.21. The Morgan fingerprint density at radius 1 is 0.686 bits per heavy atom. The van der Waals surface area contributed by atoms with Gasteiger partial charge in [-0.1, -0.05) is 86.3 Å². The van der Waals surface area contributed by atoms with Gasteiger partial charge in [-0.2, -0.15) is 5.26 Å². The fraction of sp³-hybridized carbons (Fsp3) is 0.324. The molecule has 0 radical (unpaired) electrons. The molecule has 1 nitrogen and oxygen atoms in total. The smallest absolute Gasteiger partial charge is 0.153 e. The fourth-order valence-corrected chi connectivity index (χ4v) is 5.21. The minimum absolute atomic E-state index is 0.767. The van der Waals surface area contributed by atoms with Crippen LogP contribution in [0.1, 0.15) is 73.6 Å². The second-order valence-corrected chi connectivity index (χ2v) is 9.63. The third-order valence-electron chi connectivity index (χ3n) is 7.26. The molecule has 1 aliphatic rings. The lowest BCUT2D eigenvalue weighted by Crippen LogP contribution is -2.13. The van der Waals surface area contributed by atoms with Gasteiger partial charge in [-0.05, 0) is 96.2 Å². The summed E-state index contributed by atoms with van der Waals surface area (Å²) in [6.07, 6.45) is 10.4. The number of nitriles is 1. The van der Waals surface area contributed by atoms with Crippen LogP contribution in [0.5, 0.6) is 0 Å². The van der Waals surface area contributed by atoms with Crippen molar-refractivity contribution in [1.29, 1.82) is 5.26 Å². The Morgan fingerprint density at radius 2 is 1.26 bits per heavy atom. The normalized spacial score (nSPS) is 16.8. The van der Waals surface area contributed by atoms with E-state index in [0.29, 0.717) is 0 Å². The number of rotatable bonds is 7. The molecule has 1 aliphatic carbocycles. The first-order valence-electron chi connectivity index (χ1n) is 12.9. The maximum Gasteiger partial charge on any atom is 0.153 e. The Hall–Kier alpha value is -3.73. The molecule has 1 heteroatoms. The molecule has 0 bridgehead atoms. The van der Waals surface area contributed by atoms with Crippen molar-refractivity contribution >= 4 is 0 Å². The van der Waals surface area contributed by atoms with Crippen LogP contribution in [0.3, 0.4) is 0 Å². The SMILES string of the molecule is CCCC1CCC(c2ccc(CCc3ccc(-c4ccc(C#CC#CC#N)cc4)cc3)cc2)CC1. The Bertz CT molecular complexity index is 1240. The van der Waals surface area contributed by atoms with Crippen LogP contribution in [0.25, 0.3) is 11.1 Å². The molecule has 0 amide bonds. The Balaban J connectivity index is 1.28. The number of nitrogens with zero attached hydrogens (tertiary/aromatic N) is 1. The van der Waals surface area contributed by atoms with Crippen molar-refractivity contribution in [3.63, 3.8) is 0 Å². The highest BCUT2D eigenvalue weighted by molar-refractivity contribution is 5.64. The van der Waals surface area contributed by atoms with Gasteiger partial charge >= 0.3 is 0 Å². The molecule has 3 aromatic rings. The number of hydrogen-bond donors (Lipinski definition) is 0. The standard InChI is InChI=1S/C34H33N/c1-2-6-27-10-18-31(19-11-27)33-22-14-29(15-23-33)8-9-30-16-24-34(25-17-30)32-20-12-28(13-21-32)7-4-3-5-26-35/h12-17,20-25,27,31H,2,6,8-11,18-19H2,1H3. The van der Waals surface area contributed by atoms with E-state index in [1.54, 1.807) is 11.6 Å². The average molecular weight is 456 g/mol. The quantitative estimate of drug-likeness (QED) is 0.330. The Labute approximate surface area is 211 Å². The summed E-state index contributed by atoms with van der Waals surface area (Å²) in [5.74, 6) is 12.2. The second kappa shape index (κ2) is 12.7. The van der Waals surface area contributed by atoms with Crippen LogP contribution in [0.4, 0.5) is 0 Å². The molecule has 0 unspecified atom stereocenters. The van der Waals surface area contributed by atoms with Crippen molar-refractivity contribution in [2.75, 3.05) is 0 Å². The van der Waals surface area contributed by atoms with Crippen LogP contribution in [-0.2, 0) is 12.8 Å². The monoisotopic (exact) mass is 455 g/mol. The van der Waals surface area contributed by atoms with Crippen LogP contribution in [-0.4, -0.2) is 0 Å². The van der Waals surface area contributed by atoms with Crippen LogP contribution in [0, 0.1) is 40.9 Å². The summed E-state index contributed by atoms with van der Waals surface area (Å²) in [4.78, 5) is 0. The highest BCUT2D eigenvalue weighted by atomic mass is 14.3. The molecule has 4 rings (SSSR count). The highest BCUT2D eigenvalue weighted by Gasteiger charge is 2.21. The average Bonchev–Trinajstić information content (AvgIpc) is 2.92. The van der Waals surface area contributed by atoms with Crippen LogP contribution in [0.2, 0.25) is 0 Å². The molecule has 0 saturated heterocycles. The van der Waals surface area contributed by atoms with E-state index in [-0.39, 0.29) is 0 Å². The van der Waals surface area contributed by atoms with Crippen LogP contribution in [0.15, 0.2) is 72.8 Å². The molecule has 0 heterocycles. The lowest BCUT2D eigenvalue weighted by atomic mass is 9.77. The molecule has 0 aliphatic heterocycles. The highest BCUT2D eigenvalue weighted by Crippen LogP contribution is 2.37. The van der Waals surface area contributed by atoms with Crippen molar-refractivity contribution in [3.8, 4) is 40.9 Å². The maximum atomic E-state index is 8.42. The van der Waals surface area contributed by atoms with Gasteiger partial charge in [-0.25, -0.2) is 0 Å². The molecule has 0 aromatic heterocycles. The zero-order valence-electron chi connectivity index (χ0n) is 20.7. The van der Waals surface area contributed by atoms with Crippen LogP contribution < -0.4 is 0 Å². The number of benzene rings is 3. The molecule has 1 fully saturated rings. The summed E-state index contributed by atoms with van der Waals surface area (Å²) in [6, 6.07) is 28.2. The van der Waals surface area contributed by atoms with E-state index in [4.69, 9.17) is 5.26 Å². The largest absolute Gasteiger partial charge is 0.183 e. The minimum Gasteiger partial charge on any atom is -0.183 e. The van der Waals surface area contributed by atoms with Gasteiger partial charge in [0.2, 0.25) is 0 Å². The number of hydrogen-bond acceptors (Lipinski definition) is 1. The number of aryl methyl sites for hydroxylation is 2. The third-order valence-corrected chi connectivity index (χ3v) is 7.26. The summed E-state index contributed by atoms with van der Waals surface area (Å²) in [5, 5.41) is 8.42. The summed E-state index contributed by atoms with van der Waals surface area (Å²) >= 11 is 0. The van der Waals surface area contributed by atoms with Gasteiger partial charge in [0.05, 0.1) is 0 Å². The predicted octanol–water partition coefficient (Wildman–Crippen LogP) is 8.09. The van der Waals surface area contributed by atoms with Crippen molar-refractivity contribution in [1.82, 2.24) is 0 Å². The van der Waals surface area contributed by atoms with E-state index < -0.39 is 0 Å². The van der Waals surface area contributed by atoms with Gasteiger partial charge < -0.3 is 0 Å². The molecule has 174 valence electrons. The molecule has 0 atom stereocenters. The van der Waals surface area contributed by atoms with Crippen molar-refractivity contribution in [3.05, 3.63) is 95.1 Å².